The second-order valence-corrected chi connectivity index (χ2v) is 10.1. The Labute approximate surface area is 259 Å². The topological polar surface area (TPSA) is 84.2 Å². The molecule has 0 unspecified atom stereocenters. The zero-order chi connectivity index (χ0) is 29.8. The maximum atomic E-state index is 13.2. The first kappa shape index (κ1) is 33.2. The van der Waals surface area contributed by atoms with E-state index in [0.717, 1.165) is 0 Å². The van der Waals surface area contributed by atoms with Crippen molar-refractivity contribution < 1.29 is 18.4 Å². The number of anilines is 2. The lowest BCUT2D eigenvalue weighted by Crippen LogP contribution is -2.34. The third kappa shape index (κ3) is 12.5. The predicted octanol–water partition coefficient (Wildman–Crippen LogP) is 9.04. The number of benzene rings is 4. The summed E-state index contributed by atoms with van der Waals surface area (Å²) in [6.07, 6.45) is 0. The van der Waals surface area contributed by atoms with Crippen LogP contribution in [-0.4, -0.2) is 16.3 Å². The summed E-state index contributed by atoms with van der Waals surface area (Å²) in [6, 6.07) is 20.7. The third-order valence-electron chi connectivity index (χ3n) is 4.37. The van der Waals surface area contributed by atoms with Gasteiger partial charge in [0.2, 0.25) is 0 Å². The first-order chi connectivity index (χ1) is 18.8. The number of carbonyl (C=O) groups excluding carboxylic acids is 2. The maximum Gasteiger partial charge on any atom is 0.257 e. The number of hydrogen-bond acceptors (Lipinski definition) is 4. The van der Waals surface area contributed by atoms with Crippen molar-refractivity contribution in [2.45, 2.75) is 0 Å². The number of thiocarbonyl (C=S) groups is 1. The highest BCUT2D eigenvalue weighted by atomic mass is 35.5. The van der Waals surface area contributed by atoms with Gasteiger partial charge in [-0.15, -0.1) is 0 Å². The molecule has 4 N–H and O–H groups in total. The quantitative estimate of drug-likeness (QED) is 0.116. The van der Waals surface area contributed by atoms with E-state index >= 15 is 0 Å². The maximum absolute atomic E-state index is 13.2. The number of carbonyl (C=O) groups is 2. The molecule has 4 aromatic rings. The summed E-state index contributed by atoms with van der Waals surface area (Å²) in [5.41, 5.74) is 6.72. The standard InChI is InChI=1S/C14H9Cl2FN2OS.C7H4Cl2O.C6H5ClFN/c15-9-3-1-2-8(4-9)13(20)19-14(21)18-12-6-10(16)5-11(17)7-12;8-6-3-1-2-5(4-6)7(9)10;7-4-1-5(8)3-6(9)2-4/h1-7H,(H2,18,19,20,21);1-4H;1-3H,9H2. The van der Waals surface area contributed by atoms with Crippen LogP contribution in [0.4, 0.5) is 20.2 Å². The van der Waals surface area contributed by atoms with Crippen molar-refractivity contribution in [2.24, 2.45) is 0 Å². The second-order valence-electron chi connectivity index (χ2n) is 7.56. The van der Waals surface area contributed by atoms with Crippen molar-refractivity contribution in [3.05, 3.63) is 128 Å². The molecular formula is C27H18Cl5F2N3O2S. The summed E-state index contributed by atoms with van der Waals surface area (Å²) in [4.78, 5) is 22.4. The molecule has 0 aliphatic carbocycles. The fourth-order valence-corrected chi connectivity index (χ4v) is 3.94. The number of halogens is 7. The van der Waals surface area contributed by atoms with Crippen LogP contribution in [0.2, 0.25) is 20.1 Å². The number of hydrogen-bond donors (Lipinski definition) is 3. The van der Waals surface area contributed by atoms with Gasteiger partial charge in [0.1, 0.15) is 11.6 Å². The molecule has 40 heavy (non-hydrogen) atoms. The van der Waals surface area contributed by atoms with E-state index in [2.05, 4.69) is 10.6 Å². The first-order valence-corrected chi connectivity index (χ1v) is 13.1. The van der Waals surface area contributed by atoms with E-state index in [1.807, 2.05) is 0 Å². The molecule has 0 saturated heterocycles. The average molecular weight is 664 g/mol. The van der Waals surface area contributed by atoms with Gasteiger partial charge in [0.25, 0.3) is 11.1 Å². The number of rotatable bonds is 3. The minimum absolute atomic E-state index is 0.0293. The van der Waals surface area contributed by atoms with E-state index in [1.54, 1.807) is 36.4 Å². The Kier molecular flexibility index (Phi) is 13.6. The van der Waals surface area contributed by atoms with Crippen LogP contribution in [0.25, 0.3) is 0 Å². The van der Waals surface area contributed by atoms with Crippen LogP contribution >= 0.6 is 70.2 Å². The molecule has 0 heterocycles. The van der Waals surface area contributed by atoms with Crippen LogP contribution in [0.1, 0.15) is 20.7 Å². The van der Waals surface area contributed by atoms with Gasteiger partial charge in [-0.2, -0.15) is 0 Å². The number of nitrogen functional groups attached to an aromatic ring is 1. The molecule has 0 radical (unpaired) electrons. The summed E-state index contributed by atoms with van der Waals surface area (Å²) in [5.74, 6) is -1.33. The van der Waals surface area contributed by atoms with Crippen LogP contribution in [0.5, 0.6) is 0 Å². The van der Waals surface area contributed by atoms with E-state index in [1.165, 1.54) is 48.5 Å². The Morgan fingerprint density at radius 3 is 1.70 bits per heavy atom. The summed E-state index contributed by atoms with van der Waals surface area (Å²) >= 11 is 32.7. The van der Waals surface area contributed by atoms with E-state index < -0.39 is 22.8 Å². The molecular weight excluding hydrogens is 646 g/mol. The van der Waals surface area contributed by atoms with Crippen molar-refractivity contribution in [3.8, 4) is 0 Å². The van der Waals surface area contributed by atoms with Crippen LogP contribution in [0, 0.1) is 11.6 Å². The van der Waals surface area contributed by atoms with Crippen molar-refractivity contribution >= 4 is 97.9 Å². The molecule has 1 amide bonds. The molecule has 4 aromatic carbocycles. The first-order valence-electron chi connectivity index (χ1n) is 10.8. The molecule has 0 bridgehead atoms. The largest absolute Gasteiger partial charge is 0.399 e. The van der Waals surface area contributed by atoms with Gasteiger partial charge in [-0.1, -0.05) is 58.5 Å². The molecule has 13 heteroatoms. The second kappa shape index (κ2) is 16.3. The highest BCUT2D eigenvalue weighted by Crippen LogP contribution is 2.18. The van der Waals surface area contributed by atoms with Gasteiger partial charge in [-0.05, 0) is 96.6 Å². The van der Waals surface area contributed by atoms with E-state index in [9.17, 15) is 18.4 Å². The average Bonchev–Trinajstić information content (AvgIpc) is 2.83. The SMILES string of the molecule is Nc1cc(F)cc(Cl)c1.O=C(Cl)c1cccc(Cl)c1.O=C(NC(=S)Nc1cc(F)cc(Cl)c1)c1cccc(Cl)c1. The number of amides is 1. The van der Waals surface area contributed by atoms with Crippen LogP contribution in [0.15, 0.2) is 84.9 Å². The molecule has 0 aliphatic rings. The van der Waals surface area contributed by atoms with Gasteiger partial charge >= 0.3 is 0 Å². The molecule has 4 rings (SSSR count). The monoisotopic (exact) mass is 661 g/mol. The van der Waals surface area contributed by atoms with E-state index in [0.29, 0.717) is 37.6 Å². The third-order valence-corrected chi connectivity index (χ3v) is 5.70. The van der Waals surface area contributed by atoms with E-state index in [4.69, 9.17) is 76.0 Å². The molecule has 5 nitrogen and oxygen atoms in total. The van der Waals surface area contributed by atoms with Gasteiger partial charge in [0, 0.05) is 42.6 Å². The fraction of sp³-hybridized carbons (Fsp3) is 0. The smallest absolute Gasteiger partial charge is 0.257 e. The van der Waals surface area contributed by atoms with Gasteiger partial charge in [0.15, 0.2) is 5.11 Å². The predicted molar refractivity (Wildman–Crippen MR) is 164 cm³/mol. The van der Waals surface area contributed by atoms with Gasteiger partial charge in [0.05, 0.1) is 0 Å². The lowest BCUT2D eigenvalue weighted by atomic mass is 10.2. The Balaban J connectivity index is 0.000000243. The molecule has 0 aromatic heterocycles. The summed E-state index contributed by atoms with van der Waals surface area (Å²) in [7, 11) is 0. The Morgan fingerprint density at radius 2 is 1.23 bits per heavy atom. The van der Waals surface area contributed by atoms with Crippen LogP contribution < -0.4 is 16.4 Å². The molecule has 0 aliphatic heterocycles. The Bertz CT molecular complexity index is 1450. The number of nitrogens with one attached hydrogen (secondary N) is 2. The summed E-state index contributed by atoms with van der Waals surface area (Å²) < 4.78 is 25.4. The zero-order valence-corrected chi connectivity index (χ0v) is 24.6. The van der Waals surface area contributed by atoms with Gasteiger partial charge in [-0.25, -0.2) is 8.78 Å². The Morgan fingerprint density at radius 1 is 0.700 bits per heavy atom. The molecule has 0 saturated carbocycles. The minimum Gasteiger partial charge on any atom is -0.399 e. The van der Waals surface area contributed by atoms with Crippen LogP contribution in [0.3, 0.4) is 0 Å². The van der Waals surface area contributed by atoms with Crippen molar-refractivity contribution in [1.29, 1.82) is 0 Å². The van der Waals surface area contributed by atoms with Gasteiger partial charge < -0.3 is 11.1 Å². The van der Waals surface area contributed by atoms with Crippen molar-refractivity contribution in [3.63, 3.8) is 0 Å². The fourth-order valence-electron chi connectivity index (χ4n) is 2.78. The van der Waals surface area contributed by atoms with Gasteiger partial charge in [-0.3, -0.25) is 14.9 Å². The van der Waals surface area contributed by atoms with Crippen molar-refractivity contribution in [2.75, 3.05) is 11.1 Å². The number of nitrogens with two attached hydrogens (primary N) is 1. The normalized spacial score (nSPS) is 9.78. The van der Waals surface area contributed by atoms with Crippen molar-refractivity contribution in [1.82, 2.24) is 5.32 Å². The lowest BCUT2D eigenvalue weighted by molar-refractivity contribution is 0.0977. The highest BCUT2D eigenvalue weighted by molar-refractivity contribution is 7.80. The lowest BCUT2D eigenvalue weighted by Gasteiger charge is -2.10. The molecule has 0 fully saturated rings. The summed E-state index contributed by atoms with van der Waals surface area (Å²) in [5, 5.41) is 6.21. The Hall–Kier alpha value is -2.98. The van der Waals surface area contributed by atoms with E-state index in [-0.39, 0.29) is 10.1 Å². The minimum atomic E-state index is -0.506. The van der Waals surface area contributed by atoms with Crippen LogP contribution in [-0.2, 0) is 0 Å². The highest BCUT2D eigenvalue weighted by Gasteiger charge is 2.09. The molecule has 208 valence electrons. The zero-order valence-electron chi connectivity index (χ0n) is 20.0. The summed E-state index contributed by atoms with van der Waals surface area (Å²) in [6.45, 7) is 0. The molecule has 0 atom stereocenters. The molecule has 0 spiro atoms.